The van der Waals surface area contributed by atoms with Crippen LogP contribution in [0, 0.1) is 0 Å². The first-order valence-corrected chi connectivity index (χ1v) is 8.14. The van der Waals surface area contributed by atoms with Crippen LogP contribution < -0.4 is 15.4 Å². The summed E-state index contributed by atoms with van der Waals surface area (Å²) in [4.78, 5) is 18.5. The molecule has 2 rings (SSSR count). The number of pyridine rings is 1. The number of likely N-dealkylation sites (tertiary alicyclic amines) is 1. The molecule has 6 nitrogen and oxygen atoms in total. The lowest BCUT2D eigenvalue weighted by molar-refractivity contribution is 0.251. The van der Waals surface area contributed by atoms with E-state index < -0.39 is 0 Å². The lowest BCUT2D eigenvalue weighted by Crippen LogP contribution is -2.30. The molecular weight excluding hydrogens is 280 g/mol. The van der Waals surface area contributed by atoms with Crippen molar-refractivity contribution in [3.05, 3.63) is 18.3 Å². The zero-order chi connectivity index (χ0) is 15.6. The Kier molecular flexibility index (Phi) is 6.96. The molecule has 2 amide bonds. The summed E-state index contributed by atoms with van der Waals surface area (Å²) in [5.41, 5.74) is 0.596. The monoisotopic (exact) mass is 306 g/mol. The minimum absolute atomic E-state index is 0.213. The first-order chi connectivity index (χ1) is 10.8. The highest BCUT2D eigenvalue weighted by Crippen LogP contribution is 2.20. The van der Waals surface area contributed by atoms with E-state index in [2.05, 4.69) is 20.5 Å². The van der Waals surface area contributed by atoms with Crippen LogP contribution in [0.1, 0.15) is 32.6 Å². The van der Waals surface area contributed by atoms with E-state index in [1.165, 1.54) is 25.9 Å². The van der Waals surface area contributed by atoms with Crippen LogP contribution in [0.15, 0.2) is 18.3 Å². The smallest absolute Gasteiger partial charge is 0.319 e. The zero-order valence-corrected chi connectivity index (χ0v) is 13.3. The number of carbonyl (C=O) groups is 1. The van der Waals surface area contributed by atoms with Crippen molar-refractivity contribution >= 4 is 11.7 Å². The number of carbonyl (C=O) groups excluding carboxylic acids is 1. The molecule has 6 heteroatoms. The third-order valence-electron chi connectivity index (χ3n) is 3.69. The van der Waals surface area contributed by atoms with Crippen LogP contribution in [0.4, 0.5) is 10.5 Å². The van der Waals surface area contributed by atoms with E-state index in [0.717, 1.165) is 19.4 Å². The predicted octanol–water partition coefficient (Wildman–Crippen LogP) is 2.48. The maximum Gasteiger partial charge on any atom is 0.319 e. The summed E-state index contributed by atoms with van der Waals surface area (Å²) < 4.78 is 5.38. The van der Waals surface area contributed by atoms with E-state index in [0.29, 0.717) is 24.7 Å². The standard InChI is InChI=1S/C16H26N4O2/c1-2-22-15-14(8-7-10-17-15)19-16(21)18-9-3-4-11-20-12-5-6-13-20/h7-8,10H,2-6,9,11-13H2,1H3,(H2,18,19,21). The SMILES string of the molecule is CCOc1ncccc1NC(=O)NCCCCN1CCCC1. The quantitative estimate of drug-likeness (QED) is 0.724. The number of rotatable bonds is 8. The Balaban J connectivity index is 1.63. The van der Waals surface area contributed by atoms with Crippen molar-refractivity contribution in [1.82, 2.24) is 15.2 Å². The van der Waals surface area contributed by atoms with Crippen molar-refractivity contribution in [2.45, 2.75) is 32.6 Å². The van der Waals surface area contributed by atoms with Gasteiger partial charge in [0, 0.05) is 12.7 Å². The normalized spacial score (nSPS) is 14.8. The molecule has 22 heavy (non-hydrogen) atoms. The zero-order valence-electron chi connectivity index (χ0n) is 13.3. The van der Waals surface area contributed by atoms with E-state index in [1.807, 2.05) is 6.92 Å². The summed E-state index contributed by atoms with van der Waals surface area (Å²) in [7, 11) is 0. The van der Waals surface area contributed by atoms with E-state index >= 15 is 0 Å². The van der Waals surface area contributed by atoms with Crippen molar-refractivity contribution < 1.29 is 9.53 Å². The fraction of sp³-hybridized carbons (Fsp3) is 0.625. The first-order valence-electron chi connectivity index (χ1n) is 8.14. The molecule has 1 aromatic heterocycles. The molecule has 0 unspecified atom stereocenters. The lowest BCUT2D eigenvalue weighted by Gasteiger charge is -2.14. The van der Waals surface area contributed by atoms with Crippen molar-refractivity contribution in [1.29, 1.82) is 0 Å². The number of hydrogen-bond acceptors (Lipinski definition) is 4. The number of anilines is 1. The van der Waals surface area contributed by atoms with Gasteiger partial charge in [0.25, 0.3) is 0 Å². The van der Waals surface area contributed by atoms with Crippen molar-refractivity contribution in [2.24, 2.45) is 0 Å². The van der Waals surface area contributed by atoms with Gasteiger partial charge in [-0.05, 0) is 64.4 Å². The molecule has 122 valence electrons. The van der Waals surface area contributed by atoms with Crippen molar-refractivity contribution in [3.8, 4) is 5.88 Å². The Morgan fingerprint density at radius 2 is 2.18 bits per heavy atom. The van der Waals surface area contributed by atoms with Gasteiger partial charge < -0.3 is 20.3 Å². The molecule has 0 radical (unpaired) electrons. The van der Waals surface area contributed by atoms with Gasteiger partial charge in [-0.2, -0.15) is 0 Å². The fourth-order valence-electron chi connectivity index (χ4n) is 2.57. The summed E-state index contributed by atoms with van der Waals surface area (Å²) >= 11 is 0. The highest BCUT2D eigenvalue weighted by atomic mass is 16.5. The molecule has 2 heterocycles. The molecule has 1 aliphatic rings. The summed E-state index contributed by atoms with van der Waals surface area (Å²) in [6.45, 7) is 6.69. The molecule has 0 bridgehead atoms. The predicted molar refractivity (Wildman–Crippen MR) is 87.3 cm³/mol. The lowest BCUT2D eigenvalue weighted by atomic mass is 10.3. The van der Waals surface area contributed by atoms with Gasteiger partial charge in [-0.25, -0.2) is 9.78 Å². The topological polar surface area (TPSA) is 66.5 Å². The molecular formula is C16H26N4O2. The maximum atomic E-state index is 11.9. The fourth-order valence-corrected chi connectivity index (χ4v) is 2.57. The van der Waals surface area contributed by atoms with Crippen LogP contribution in [0.3, 0.4) is 0 Å². The molecule has 2 N–H and O–H groups in total. The summed E-state index contributed by atoms with van der Waals surface area (Å²) in [6, 6.07) is 3.34. The number of nitrogens with zero attached hydrogens (tertiary/aromatic N) is 2. The van der Waals surface area contributed by atoms with Crippen molar-refractivity contribution in [2.75, 3.05) is 38.1 Å². The number of unbranched alkanes of at least 4 members (excludes halogenated alkanes) is 1. The van der Waals surface area contributed by atoms with Gasteiger partial charge in [0.15, 0.2) is 0 Å². The average molecular weight is 306 g/mol. The van der Waals surface area contributed by atoms with Crippen LogP contribution in [-0.2, 0) is 0 Å². The Hall–Kier alpha value is -1.82. The molecule has 0 saturated carbocycles. The van der Waals surface area contributed by atoms with Crippen LogP contribution in [0.2, 0.25) is 0 Å². The van der Waals surface area contributed by atoms with Gasteiger partial charge in [-0.1, -0.05) is 0 Å². The minimum atomic E-state index is -0.213. The molecule has 0 atom stereocenters. The Morgan fingerprint density at radius 1 is 1.36 bits per heavy atom. The van der Waals surface area contributed by atoms with Crippen LogP contribution >= 0.6 is 0 Å². The van der Waals surface area contributed by atoms with Crippen molar-refractivity contribution in [3.63, 3.8) is 0 Å². The number of aromatic nitrogens is 1. The Bertz CT molecular complexity index is 461. The highest BCUT2D eigenvalue weighted by Gasteiger charge is 2.10. The third kappa shape index (κ3) is 5.52. The maximum absolute atomic E-state index is 11.9. The summed E-state index contributed by atoms with van der Waals surface area (Å²) in [5.74, 6) is 0.453. The Morgan fingerprint density at radius 3 is 2.95 bits per heavy atom. The third-order valence-corrected chi connectivity index (χ3v) is 3.69. The molecule has 0 aliphatic carbocycles. The molecule has 0 aromatic carbocycles. The van der Waals surface area contributed by atoms with E-state index in [-0.39, 0.29) is 6.03 Å². The largest absolute Gasteiger partial charge is 0.476 e. The van der Waals surface area contributed by atoms with Gasteiger partial charge in [0.05, 0.1) is 6.61 Å². The van der Waals surface area contributed by atoms with Gasteiger partial charge >= 0.3 is 6.03 Å². The number of ether oxygens (including phenoxy) is 1. The second-order valence-electron chi connectivity index (χ2n) is 5.43. The van der Waals surface area contributed by atoms with Gasteiger partial charge in [-0.15, -0.1) is 0 Å². The highest BCUT2D eigenvalue weighted by molar-refractivity contribution is 5.90. The number of nitrogens with one attached hydrogen (secondary N) is 2. The summed E-state index contributed by atoms with van der Waals surface area (Å²) in [6.07, 6.45) is 6.42. The van der Waals surface area contributed by atoms with Crippen LogP contribution in [-0.4, -0.2) is 48.7 Å². The van der Waals surface area contributed by atoms with Gasteiger partial charge in [0.1, 0.15) is 5.69 Å². The number of hydrogen-bond donors (Lipinski definition) is 2. The van der Waals surface area contributed by atoms with Crippen LogP contribution in [0.5, 0.6) is 5.88 Å². The first kappa shape index (κ1) is 16.5. The molecule has 1 saturated heterocycles. The Labute approximate surface area is 132 Å². The van der Waals surface area contributed by atoms with E-state index in [9.17, 15) is 4.79 Å². The average Bonchev–Trinajstić information content (AvgIpc) is 3.02. The van der Waals surface area contributed by atoms with E-state index in [4.69, 9.17) is 4.74 Å². The molecule has 1 aromatic rings. The molecule has 1 aliphatic heterocycles. The number of amides is 2. The second kappa shape index (κ2) is 9.25. The molecule has 1 fully saturated rings. The van der Waals surface area contributed by atoms with E-state index in [1.54, 1.807) is 18.3 Å². The molecule has 0 spiro atoms. The van der Waals surface area contributed by atoms with Gasteiger partial charge in [0.2, 0.25) is 5.88 Å². The second-order valence-corrected chi connectivity index (χ2v) is 5.43. The minimum Gasteiger partial charge on any atom is -0.476 e. The summed E-state index contributed by atoms with van der Waals surface area (Å²) in [5, 5.41) is 5.65. The van der Waals surface area contributed by atoms with Crippen LogP contribution in [0.25, 0.3) is 0 Å². The number of urea groups is 1. The van der Waals surface area contributed by atoms with Gasteiger partial charge in [-0.3, -0.25) is 0 Å².